The quantitative estimate of drug-likeness (QED) is 0.174. The third-order valence-corrected chi connectivity index (χ3v) is 3.89. The van der Waals surface area contributed by atoms with Crippen molar-refractivity contribution in [1.29, 1.82) is 0 Å². The lowest BCUT2D eigenvalue weighted by Crippen LogP contribution is -2.50. The van der Waals surface area contributed by atoms with Gasteiger partial charge in [0.15, 0.2) is 0 Å². The van der Waals surface area contributed by atoms with Crippen molar-refractivity contribution in [1.82, 2.24) is 5.32 Å². The van der Waals surface area contributed by atoms with Gasteiger partial charge in [0, 0.05) is 12.8 Å². The van der Waals surface area contributed by atoms with Crippen LogP contribution in [0.25, 0.3) is 0 Å². The van der Waals surface area contributed by atoms with Gasteiger partial charge in [0.1, 0.15) is 5.72 Å². The van der Waals surface area contributed by atoms with Gasteiger partial charge in [-0.15, -0.1) is 0 Å². The van der Waals surface area contributed by atoms with Crippen molar-refractivity contribution in [2.24, 2.45) is 0 Å². The Bertz CT molecular complexity index is 529. The molecule has 0 heterocycles. The van der Waals surface area contributed by atoms with Crippen LogP contribution in [0.4, 0.5) is 4.79 Å². The summed E-state index contributed by atoms with van der Waals surface area (Å²) in [6.45, 7) is 5.19. The van der Waals surface area contributed by atoms with Gasteiger partial charge >= 0.3 is 6.09 Å². The van der Waals surface area contributed by atoms with Crippen molar-refractivity contribution < 1.29 is 30.0 Å². The highest BCUT2D eigenvalue weighted by molar-refractivity contribution is 5.67. The Morgan fingerprint density at radius 3 is 2.43 bits per heavy atom. The van der Waals surface area contributed by atoms with E-state index in [0.29, 0.717) is 25.7 Å². The minimum absolute atomic E-state index is 0.0514. The summed E-state index contributed by atoms with van der Waals surface area (Å²) < 4.78 is 4.52. The second-order valence-corrected chi connectivity index (χ2v) is 6.72. The fourth-order valence-electron chi connectivity index (χ4n) is 2.47. The Morgan fingerprint density at radius 2 is 1.82 bits per heavy atom. The highest BCUT2D eigenvalue weighted by Crippen LogP contribution is 2.18. The van der Waals surface area contributed by atoms with Crippen molar-refractivity contribution >= 4 is 6.09 Å². The first-order chi connectivity index (χ1) is 13.2. The van der Waals surface area contributed by atoms with E-state index in [4.69, 9.17) is 5.11 Å². The van der Waals surface area contributed by atoms with E-state index in [1.54, 1.807) is 37.3 Å². The number of hydrogen-bond donors (Lipinski definition) is 5. The minimum Gasteiger partial charge on any atom is -0.453 e. The molecule has 0 aromatic carbocycles. The lowest BCUT2D eigenvalue weighted by Gasteiger charge is -2.29. The van der Waals surface area contributed by atoms with Gasteiger partial charge in [-0.3, -0.25) is 5.32 Å². The fourth-order valence-corrected chi connectivity index (χ4v) is 2.47. The Balaban J connectivity index is 4.38. The first kappa shape index (κ1) is 26.1. The van der Waals surface area contributed by atoms with Gasteiger partial charge in [-0.1, -0.05) is 49.1 Å². The second kappa shape index (κ2) is 15.0. The Kier molecular flexibility index (Phi) is 14.0. The van der Waals surface area contributed by atoms with E-state index in [1.165, 1.54) is 7.11 Å². The fraction of sp³-hybridized carbons (Fsp3) is 0.571. The number of aliphatic hydroxyl groups excluding tert-OH is 3. The van der Waals surface area contributed by atoms with Crippen LogP contribution >= 0.6 is 0 Å². The molecule has 4 atom stereocenters. The van der Waals surface area contributed by atoms with Crippen molar-refractivity contribution in [2.75, 3.05) is 7.11 Å². The summed E-state index contributed by atoms with van der Waals surface area (Å²) >= 11 is 0. The largest absolute Gasteiger partial charge is 0.453 e. The molecule has 0 aliphatic rings. The number of carbonyl (C=O) groups is 1. The van der Waals surface area contributed by atoms with E-state index >= 15 is 0 Å². The van der Waals surface area contributed by atoms with Crippen molar-refractivity contribution in [3.05, 3.63) is 49.1 Å². The lowest BCUT2D eigenvalue weighted by atomic mass is 9.98. The van der Waals surface area contributed by atoms with Gasteiger partial charge in [0.2, 0.25) is 0 Å². The molecule has 160 valence electrons. The van der Waals surface area contributed by atoms with Gasteiger partial charge in [0.05, 0.1) is 25.4 Å². The van der Waals surface area contributed by atoms with Gasteiger partial charge in [0.25, 0.3) is 0 Å². The van der Waals surface area contributed by atoms with Crippen molar-refractivity contribution in [2.45, 2.75) is 69.5 Å². The average Bonchev–Trinajstić information content (AvgIpc) is 2.61. The van der Waals surface area contributed by atoms with Crippen molar-refractivity contribution in [3.63, 3.8) is 0 Å². The maximum Gasteiger partial charge on any atom is 0.409 e. The molecule has 0 aliphatic heterocycles. The summed E-state index contributed by atoms with van der Waals surface area (Å²) in [6.07, 6.45) is 11.2. The molecule has 7 heteroatoms. The number of nitrogens with one attached hydrogen (secondary N) is 1. The molecule has 4 unspecified atom stereocenters. The number of rotatable bonds is 14. The number of aliphatic hydroxyl groups is 4. The number of methoxy groups -OCH3 is 1. The van der Waals surface area contributed by atoms with E-state index in [-0.39, 0.29) is 12.8 Å². The van der Waals surface area contributed by atoms with E-state index in [9.17, 15) is 20.1 Å². The molecule has 0 aliphatic carbocycles. The standard InChI is InChI=1S/C21H35NO6/c1-4-5-9-15-21(27,22-20(26)28-3)16-19(25)13-8-6-7-12-18(24)14-10-11-17(2)23/h4-7,9-11,17-19,23-25,27H,1,8,12-16H2,2-3H3,(H,22,26). The summed E-state index contributed by atoms with van der Waals surface area (Å²) in [6, 6.07) is 0. The molecule has 1 amide bonds. The van der Waals surface area contributed by atoms with Crippen LogP contribution in [0.5, 0.6) is 0 Å². The topological polar surface area (TPSA) is 119 Å². The number of allylic oxidation sites excluding steroid dienone is 3. The SMILES string of the molecule is C=CC=CCC(O)(CC(O)CCC=CCC(O)CC=CC(C)O)NC(=O)OC. The van der Waals surface area contributed by atoms with E-state index < -0.39 is 30.1 Å². The number of ether oxygens (including phenoxy) is 1. The molecule has 5 N–H and O–H groups in total. The zero-order valence-corrected chi connectivity index (χ0v) is 16.8. The molecule has 7 nitrogen and oxygen atoms in total. The Hall–Kier alpha value is -1.93. The van der Waals surface area contributed by atoms with Gasteiger partial charge in [-0.05, 0) is 32.6 Å². The summed E-state index contributed by atoms with van der Waals surface area (Å²) in [4.78, 5) is 11.4. The van der Waals surface area contributed by atoms with Crippen LogP contribution in [0.3, 0.4) is 0 Å². The molecule has 0 aromatic heterocycles. The summed E-state index contributed by atoms with van der Waals surface area (Å²) in [5, 5.41) is 42.0. The number of alkyl carbamates (subject to hydrolysis) is 1. The maximum absolute atomic E-state index is 11.4. The first-order valence-corrected chi connectivity index (χ1v) is 9.44. The first-order valence-electron chi connectivity index (χ1n) is 9.44. The molecular weight excluding hydrogens is 362 g/mol. The number of hydrogen-bond acceptors (Lipinski definition) is 6. The molecule has 0 saturated heterocycles. The van der Waals surface area contributed by atoms with Crippen LogP contribution in [0, 0.1) is 0 Å². The molecule has 0 saturated carbocycles. The third-order valence-electron chi connectivity index (χ3n) is 3.89. The van der Waals surface area contributed by atoms with E-state index in [2.05, 4.69) is 16.6 Å². The molecule has 28 heavy (non-hydrogen) atoms. The van der Waals surface area contributed by atoms with Gasteiger partial charge in [-0.25, -0.2) is 4.79 Å². The van der Waals surface area contributed by atoms with Crippen LogP contribution in [-0.2, 0) is 4.74 Å². The normalized spacial score (nSPS) is 17.5. The Morgan fingerprint density at radius 1 is 1.14 bits per heavy atom. The molecular formula is C21H35NO6. The predicted molar refractivity (Wildman–Crippen MR) is 110 cm³/mol. The van der Waals surface area contributed by atoms with Gasteiger partial charge in [-0.2, -0.15) is 0 Å². The minimum atomic E-state index is -1.62. The summed E-state index contributed by atoms with van der Waals surface area (Å²) in [5.41, 5.74) is -1.62. The number of amides is 1. The van der Waals surface area contributed by atoms with Crippen LogP contribution in [-0.4, -0.2) is 57.7 Å². The Labute approximate surface area is 167 Å². The maximum atomic E-state index is 11.4. The van der Waals surface area contributed by atoms with Crippen LogP contribution in [0.2, 0.25) is 0 Å². The smallest absolute Gasteiger partial charge is 0.409 e. The lowest BCUT2D eigenvalue weighted by molar-refractivity contribution is -0.0334. The molecule has 0 aromatic rings. The van der Waals surface area contributed by atoms with Crippen LogP contribution < -0.4 is 5.32 Å². The van der Waals surface area contributed by atoms with E-state index in [0.717, 1.165) is 0 Å². The highest BCUT2D eigenvalue weighted by atomic mass is 16.5. The summed E-state index contributed by atoms with van der Waals surface area (Å²) in [7, 11) is 1.20. The molecule has 0 bridgehead atoms. The monoisotopic (exact) mass is 397 g/mol. The zero-order valence-electron chi connectivity index (χ0n) is 16.8. The highest BCUT2D eigenvalue weighted by Gasteiger charge is 2.30. The molecule has 0 fully saturated rings. The third kappa shape index (κ3) is 14.2. The average molecular weight is 398 g/mol. The zero-order chi connectivity index (χ0) is 21.4. The van der Waals surface area contributed by atoms with Crippen molar-refractivity contribution in [3.8, 4) is 0 Å². The molecule has 0 spiro atoms. The van der Waals surface area contributed by atoms with Gasteiger partial charge < -0.3 is 25.2 Å². The van der Waals surface area contributed by atoms with E-state index in [1.807, 2.05) is 12.2 Å². The second-order valence-electron chi connectivity index (χ2n) is 6.72. The molecule has 0 rings (SSSR count). The predicted octanol–water partition coefficient (Wildman–Crippen LogP) is 2.33. The summed E-state index contributed by atoms with van der Waals surface area (Å²) in [5.74, 6) is 0. The van der Waals surface area contributed by atoms with Crippen LogP contribution in [0.15, 0.2) is 49.1 Å². The van der Waals surface area contributed by atoms with Crippen LogP contribution in [0.1, 0.15) is 45.4 Å². The number of carbonyl (C=O) groups excluding carboxylic acids is 1. The molecule has 0 radical (unpaired) electrons.